The zero-order valence-corrected chi connectivity index (χ0v) is 12.6. The van der Waals surface area contributed by atoms with Crippen molar-refractivity contribution in [2.45, 2.75) is 52.5 Å². The van der Waals surface area contributed by atoms with Gasteiger partial charge in [-0.15, -0.1) is 0 Å². The SMILES string of the molecule is CC(=O)OC(NC(=O)[C@H](C)NC(=O)OC(C)(C)C)C(=O)O. The Morgan fingerprint density at radius 3 is 2.00 bits per heavy atom. The molecule has 0 fully saturated rings. The second-order valence-corrected chi connectivity index (χ2v) is 5.20. The van der Waals surface area contributed by atoms with Gasteiger partial charge in [-0.25, -0.2) is 9.59 Å². The number of hydrogen-bond donors (Lipinski definition) is 3. The molecule has 2 atom stereocenters. The highest BCUT2D eigenvalue weighted by atomic mass is 16.6. The highest BCUT2D eigenvalue weighted by Crippen LogP contribution is 2.06. The predicted molar refractivity (Wildman–Crippen MR) is 70.2 cm³/mol. The van der Waals surface area contributed by atoms with Crippen LogP contribution < -0.4 is 10.6 Å². The van der Waals surface area contributed by atoms with Gasteiger partial charge in [0.15, 0.2) is 0 Å². The molecule has 0 bridgehead atoms. The quantitative estimate of drug-likeness (QED) is 0.481. The second-order valence-electron chi connectivity index (χ2n) is 5.20. The van der Waals surface area contributed by atoms with Crippen LogP contribution in [-0.2, 0) is 23.9 Å². The number of aliphatic carboxylic acids is 1. The number of hydrogen-bond acceptors (Lipinski definition) is 6. The number of esters is 1. The van der Waals surface area contributed by atoms with Gasteiger partial charge in [0.2, 0.25) is 5.91 Å². The molecular formula is C12H20N2O7. The molecule has 0 spiro atoms. The number of amides is 2. The molecule has 0 rings (SSSR count). The van der Waals surface area contributed by atoms with Gasteiger partial charge in [0.25, 0.3) is 6.23 Å². The van der Waals surface area contributed by atoms with Gasteiger partial charge in [-0.3, -0.25) is 9.59 Å². The van der Waals surface area contributed by atoms with E-state index in [1.807, 2.05) is 5.32 Å². The molecule has 0 saturated carbocycles. The number of carbonyl (C=O) groups excluding carboxylic acids is 3. The predicted octanol–water partition coefficient (Wildman–Crippen LogP) is -0.0104. The number of ether oxygens (including phenoxy) is 2. The average molecular weight is 304 g/mol. The molecule has 0 aliphatic rings. The number of rotatable bonds is 5. The Morgan fingerprint density at radius 1 is 1.10 bits per heavy atom. The summed E-state index contributed by atoms with van der Waals surface area (Å²) in [5, 5.41) is 13.0. The first-order chi connectivity index (χ1) is 9.42. The van der Waals surface area contributed by atoms with Crippen molar-refractivity contribution in [2.24, 2.45) is 0 Å². The summed E-state index contributed by atoms with van der Waals surface area (Å²) in [7, 11) is 0. The molecule has 9 heteroatoms. The molecule has 0 saturated heterocycles. The van der Waals surface area contributed by atoms with E-state index < -0.39 is 41.8 Å². The van der Waals surface area contributed by atoms with Crippen molar-refractivity contribution in [3.8, 4) is 0 Å². The molecular weight excluding hydrogens is 284 g/mol. The summed E-state index contributed by atoms with van der Waals surface area (Å²) in [6.45, 7) is 7.28. The summed E-state index contributed by atoms with van der Waals surface area (Å²) in [5.74, 6) is -3.24. The van der Waals surface area contributed by atoms with Crippen LogP contribution in [0.1, 0.15) is 34.6 Å². The van der Waals surface area contributed by atoms with Crippen LogP contribution in [0.3, 0.4) is 0 Å². The molecule has 0 aromatic rings. The number of carboxylic acid groups (broad SMARTS) is 1. The lowest BCUT2D eigenvalue weighted by Gasteiger charge is -2.22. The van der Waals surface area contributed by atoms with Crippen LogP contribution in [0, 0.1) is 0 Å². The van der Waals surface area contributed by atoms with Gasteiger partial charge >= 0.3 is 18.0 Å². The van der Waals surface area contributed by atoms with E-state index in [9.17, 15) is 19.2 Å². The summed E-state index contributed by atoms with van der Waals surface area (Å²) < 4.78 is 9.35. The number of carbonyl (C=O) groups is 4. The molecule has 21 heavy (non-hydrogen) atoms. The molecule has 1 unspecified atom stereocenters. The molecule has 9 nitrogen and oxygen atoms in total. The van der Waals surface area contributed by atoms with Gasteiger partial charge in [0.05, 0.1) is 0 Å². The van der Waals surface area contributed by atoms with Gasteiger partial charge in [0, 0.05) is 6.92 Å². The Hall–Kier alpha value is -2.32. The fourth-order valence-corrected chi connectivity index (χ4v) is 1.11. The molecule has 2 amide bonds. The number of alkyl carbamates (subject to hydrolysis) is 1. The topological polar surface area (TPSA) is 131 Å². The van der Waals surface area contributed by atoms with E-state index in [4.69, 9.17) is 9.84 Å². The first kappa shape index (κ1) is 18.7. The first-order valence-electron chi connectivity index (χ1n) is 6.12. The minimum atomic E-state index is -1.82. The zero-order valence-electron chi connectivity index (χ0n) is 12.6. The van der Waals surface area contributed by atoms with E-state index in [0.717, 1.165) is 6.92 Å². The fourth-order valence-electron chi connectivity index (χ4n) is 1.11. The zero-order chi connectivity index (χ0) is 16.8. The van der Waals surface area contributed by atoms with E-state index in [1.165, 1.54) is 6.92 Å². The van der Waals surface area contributed by atoms with E-state index >= 15 is 0 Å². The number of nitrogens with one attached hydrogen (secondary N) is 2. The van der Waals surface area contributed by atoms with Gasteiger partial charge < -0.3 is 25.2 Å². The monoisotopic (exact) mass is 304 g/mol. The maximum absolute atomic E-state index is 11.7. The normalized spacial score (nSPS) is 13.6. The van der Waals surface area contributed by atoms with Crippen LogP contribution in [0.2, 0.25) is 0 Å². The van der Waals surface area contributed by atoms with Crippen LogP contribution in [-0.4, -0.2) is 46.9 Å². The van der Waals surface area contributed by atoms with Crippen molar-refractivity contribution in [2.75, 3.05) is 0 Å². The molecule has 0 aliphatic heterocycles. The Bertz CT molecular complexity index is 428. The first-order valence-corrected chi connectivity index (χ1v) is 6.12. The Balaban J connectivity index is 4.53. The third kappa shape index (κ3) is 8.45. The Morgan fingerprint density at radius 2 is 1.62 bits per heavy atom. The van der Waals surface area contributed by atoms with E-state index in [1.54, 1.807) is 20.8 Å². The second kappa shape index (κ2) is 7.46. The molecule has 0 heterocycles. The van der Waals surface area contributed by atoms with Gasteiger partial charge in [-0.2, -0.15) is 0 Å². The van der Waals surface area contributed by atoms with Crippen molar-refractivity contribution in [1.29, 1.82) is 0 Å². The maximum Gasteiger partial charge on any atom is 0.408 e. The highest BCUT2D eigenvalue weighted by molar-refractivity contribution is 5.89. The smallest absolute Gasteiger partial charge is 0.408 e. The largest absolute Gasteiger partial charge is 0.477 e. The Labute approximate surface area is 122 Å². The van der Waals surface area contributed by atoms with Gasteiger partial charge in [-0.1, -0.05) is 0 Å². The summed E-state index contributed by atoms with van der Waals surface area (Å²) in [4.78, 5) is 44.7. The summed E-state index contributed by atoms with van der Waals surface area (Å²) in [6, 6.07) is -1.07. The minimum absolute atomic E-state index is 0.735. The summed E-state index contributed by atoms with van der Waals surface area (Å²) in [6.07, 6.45) is -2.65. The van der Waals surface area contributed by atoms with Crippen LogP contribution >= 0.6 is 0 Å². The van der Waals surface area contributed by atoms with Crippen molar-refractivity contribution in [1.82, 2.24) is 10.6 Å². The average Bonchev–Trinajstić information content (AvgIpc) is 2.24. The van der Waals surface area contributed by atoms with Gasteiger partial charge in [0.1, 0.15) is 11.6 Å². The summed E-state index contributed by atoms with van der Waals surface area (Å²) in [5.41, 5.74) is -0.735. The van der Waals surface area contributed by atoms with Crippen LogP contribution in [0.25, 0.3) is 0 Å². The van der Waals surface area contributed by atoms with Crippen LogP contribution in [0.5, 0.6) is 0 Å². The third-order valence-corrected chi connectivity index (χ3v) is 1.91. The molecule has 0 aliphatic carbocycles. The minimum Gasteiger partial charge on any atom is -0.477 e. The van der Waals surface area contributed by atoms with Crippen molar-refractivity contribution >= 4 is 23.9 Å². The van der Waals surface area contributed by atoms with Crippen LogP contribution in [0.15, 0.2) is 0 Å². The molecule has 0 aromatic heterocycles. The van der Waals surface area contributed by atoms with Crippen LogP contribution in [0.4, 0.5) is 4.79 Å². The maximum atomic E-state index is 11.7. The van der Waals surface area contributed by atoms with E-state index in [-0.39, 0.29) is 0 Å². The van der Waals surface area contributed by atoms with Gasteiger partial charge in [-0.05, 0) is 27.7 Å². The molecule has 3 N–H and O–H groups in total. The standard InChI is InChI=1S/C12H20N2O7/c1-6(13-11(19)21-12(3,4)5)8(16)14-9(10(17)18)20-7(2)15/h6,9H,1-5H3,(H,13,19)(H,14,16)(H,17,18)/t6-,9?/m0/s1. The van der Waals surface area contributed by atoms with E-state index in [2.05, 4.69) is 10.1 Å². The van der Waals surface area contributed by atoms with E-state index in [0.29, 0.717) is 0 Å². The third-order valence-electron chi connectivity index (χ3n) is 1.91. The number of carboxylic acids is 1. The molecule has 0 radical (unpaired) electrons. The lowest BCUT2D eigenvalue weighted by Crippen LogP contribution is -2.52. The summed E-state index contributed by atoms with van der Waals surface area (Å²) >= 11 is 0. The fraction of sp³-hybridized carbons (Fsp3) is 0.667. The highest BCUT2D eigenvalue weighted by Gasteiger charge is 2.27. The lowest BCUT2D eigenvalue weighted by atomic mass is 10.2. The Kier molecular flexibility index (Phi) is 6.64. The molecule has 120 valence electrons. The van der Waals surface area contributed by atoms with Crippen molar-refractivity contribution < 1.29 is 33.8 Å². The van der Waals surface area contributed by atoms with Crippen molar-refractivity contribution in [3.05, 3.63) is 0 Å². The lowest BCUT2D eigenvalue weighted by molar-refractivity contribution is -0.166. The van der Waals surface area contributed by atoms with Crippen molar-refractivity contribution in [3.63, 3.8) is 0 Å². The molecule has 0 aromatic carbocycles.